The average Bonchev–Trinajstić information content (AvgIpc) is 2.56. The van der Waals surface area contributed by atoms with Gasteiger partial charge in [0.05, 0.1) is 0 Å². The SMILES string of the molecule is CCCCCCCCCCCCCCCCCCCNNC(N)=O. The third-order valence-corrected chi connectivity index (χ3v) is 4.62. The molecule has 4 nitrogen and oxygen atoms in total. The van der Waals surface area contributed by atoms with E-state index in [-0.39, 0.29) is 0 Å². The first-order chi connectivity index (χ1) is 11.8. The lowest BCUT2D eigenvalue weighted by Gasteiger charge is -2.05. The van der Waals surface area contributed by atoms with E-state index in [1.165, 1.54) is 103 Å². The number of carbonyl (C=O) groups is 1. The molecule has 2 amide bonds. The van der Waals surface area contributed by atoms with Gasteiger partial charge in [-0.3, -0.25) is 5.43 Å². The minimum atomic E-state index is -0.512. The predicted octanol–water partition coefficient (Wildman–Crippen LogP) is 5.81. The second-order valence-electron chi connectivity index (χ2n) is 7.07. The van der Waals surface area contributed by atoms with Gasteiger partial charge in [-0.1, -0.05) is 110 Å². The highest BCUT2D eigenvalue weighted by Gasteiger charge is 1.95. The highest BCUT2D eigenvalue weighted by molar-refractivity contribution is 5.70. The number of carbonyl (C=O) groups excluding carboxylic acids is 1. The predicted molar refractivity (Wildman–Crippen MR) is 105 cm³/mol. The van der Waals surface area contributed by atoms with Crippen LogP contribution >= 0.6 is 0 Å². The molecule has 0 aliphatic rings. The summed E-state index contributed by atoms with van der Waals surface area (Å²) in [5.41, 5.74) is 10.2. The lowest BCUT2D eigenvalue weighted by molar-refractivity contribution is 0.244. The molecule has 0 radical (unpaired) electrons. The zero-order valence-electron chi connectivity index (χ0n) is 16.2. The fourth-order valence-electron chi connectivity index (χ4n) is 3.09. The third-order valence-electron chi connectivity index (χ3n) is 4.62. The van der Waals surface area contributed by atoms with Crippen molar-refractivity contribution in [1.29, 1.82) is 0 Å². The zero-order valence-corrected chi connectivity index (χ0v) is 16.2. The Labute approximate surface area is 150 Å². The molecule has 0 atom stereocenters. The van der Waals surface area contributed by atoms with Gasteiger partial charge in [0.15, 0.2) is 0 Å². The number of amides is 2. The Bertz CT molecular complexity index is 259. The quantitative estimate of drug-likeness (QED) is 0.205. The van der Waals surface area contributed by atoms with Crippen molar-refractivity contribution in [2.45, 2.75) is 116 Å². The number of primary amides is 1. The van der Waals surface area contributed by atoms with E-state index in [9.17, 15) is 4.79 Å². The van der Waals surface area contributed by atoms with Crippen LogP contribution in [0.2, 0.25) is 0 Å². The monoisotopic (exact) mass is 341 g/mol. The molecule has 0 aromatic rings. The van der Waals surface area contributed by atoms with E-state index in [1.54, 1.807) is 0 Å². The summed E-state index contributed by atoms with van der Waals surface area (Å²) in [5.74, 6) is 0. The Balaban J connectivity index is 2.97. The summed E-state index contributed by atoms with van der Waals surface area (Å²) in [7, 11) is 0. The minimum absolute atomic E-state index is 0.512. The molecule has 0 fully saturated rings. The van der Waals surface area contributed by atoms with Crippen molar-refractivity contribution in [2.75, 3.05) is 6.54 Å². The highest BCUT2D eigenvalue weighted by atomic mass is 16.2. The standard InChI is InChI=1S/C20H43N3O/c1-2-3-4-5-6-7-8-9-10-11-12-13-14-15-16-17-18-19-22-23-20(21)24/h22H,2-19H2,1H3,(H3,21,23,24). The van der Waals surface area contributed by atoms with Crippen LogP contribution in [0.25, 0.3) is 0 Å². The number of hydrogen-bond acceptors (Lipinski definition) is 2. The van der Waals surface area contributed by atoms with E-state index >= 15 is 0 Å². The van der Waals surface area contributed by atoms with Crippen LogP contribution < -0.4 is 16.6 Å². The fourth-order valence-corrected chi connectivity index (χ4v) is 3.09. The van der Waals surface area contributed by atoms with Crippen LogP contribution in [-0.2, 0) is 0 Å². The highest BCUT2D eigenvalue weighted by Crippen LogP contribution is 2.13. The Morgan fingerprint density at radius 1 is 0.625 bits per heavy atom. The summed E-state index contributed by atoms with van der Waals surface area (Å²) in [5, 5.41) is 0. The molecule has 0 saturated carbocycles. The van der Waals surface area contributed by atoms with E-state index in [1.807, 2.05) is 0 Å². The van der Waals surface area contributed by atoms with Gasteiger partial charge in [-0.25, -0.2) is 10.2 Å². The molecule has 0 rings (SSSR count). The molecule has 0 aliphatic carbocycles. The smallest absolute Gasteiger partial charge is 0.326 e. The maximum atomic E-state index is 10.4. The minimum Gasteiger partial charge on any atom is -0.351 e. The van der Waals surface area contributed by atoms with E-state index in [0.717, 1.165) is 13.0 Å². The number of urea groups is 1. The molecule has 24 heavy (non-hydrogen) atoms. The molecule has 0 spiro atoms. The normalized spacial score (nSPS) is 10.9. The number of hydrogen-bond donors (Lipinski definition) is 3. The topological polar surface area (TPSA) is 67.2 Å². The molecule has 144 valence electrons. The summed E-state index contributed by atoms with van der Waals surface area (Å²) in [6, 6.07) is -0.512. The van der Waals surface area contributed by atoms with E-state index in [4.69, 9.17) is 5.73 Å². The maximum Gasteiger partial charge on any atom is 0.326 e. The number of unbranched alkanes of at least 4 members (excludes halogenated alkanes) is 16. The number of nitrogens with two attached hydrogens (primary N) is 1. The molecule has 4 N–H and O–H groups in total. The Morgan fingerprint density at radius 2 is 0.958 bits per heavy atom. The third kappa shape index (κ3) is 21.2. The van der Waals surface area contributed by atoms with Gasteiger partial charge in [0, 0.05) is 6.54 Å². The molecule has 0 saturated heterocycles. The van der Waals surface area contributed by atoms with Crippen LogP contribution in [-0.4, -0.2) is 12.6 Å². The molecule has 0 heterocycles. The van der Waals surface area contributed by atoms with Crippen LogP contribution in [0.15, 0.2) is 0 Å². The van der Waals surface area contributed by atoms with Gasteiger partial charge < -0.3 is 5.73 Å². The van der Waals surface area contributed by atoms with Gasteiger partial charge in [0.25, 0.3) is 0 Å². The summed E-state index contributed by atoms with van der Waals surface area (Å²) in [6.07, 6.45) is 23.5. The summed E-state index contributed by atoms with van der Waals surface area (Å²) in [4.78, 5) is 10.4. The van der Waals surface area contributed by atoms with Crippen molar-refractivity contribution in [1.82, 2.24) is 10.9 Å². The molecule has 0 bridgehead atoms. The van der Waals surface area contributed by atoms with Gasteiger partial charge in [0.2, 0.25) is 0 Å². The first-order valence-corrected chi connectivity index (χ1v) is 10.6. The number of hydrazine groups is 1. The van der Waals surface area contributed by atoms with Crippen LogP contribution in [0.1, 0.15) is 116 Å². The molecule has 4 heteroatoms. The average molecular weight is 342 g/mol. The Kier molecular flexibility index (Phi) is 19.6. The van der Waals surface area contributed by atoms with Crippen molar-refractivity contribution in [3.63, 3.8) is 0 Å². The zero-order chi connectivity index (χ0) is 17.7. The van der Waals surface area contributed by atoms with E-state index in [0.29, 0.717) is 0 Å². The molecular formula is C20H43N3O. The maximum absolute atomic E-state index is 10.4. The van der Waals surface area contributed by atoms with Gasteiger partial charge in [-0.15, -0.1) is 0 Å². The van der Waals surface area contributed by atoms with Gasteiger partial charge in [-0.2, -0.15) is 0 Å². The van der Waals surface area contributed by atoms with Crippen molar-refractivity contribution in [2.24, 2.45) is 5.73 Å². The molecule has 0 aromatic carbocycles. The van der Waals surface area contributed by atoms with Crippen molar-refractivity contribution in [3.8, 4) is 0 Å². The first-order valence-electron chi connectivity index (χ1n) is 10.6. The molecule has 0 unspecified atom stereocenters. The van der Waals surface area contributed by atoms with E-state index < -0.39 is 6.03 Å². The number of rotatable bonds is 19. The van der Waals surface area contributed by atoms with Crippen LogP contribution in [0.4, 0.5) is 4.79 Å². The van der Waals surface area contributed by atoms with Crippen molar-refractivity contribution >= 4 is 6.03 Å². The van der Waals surface area contributed by atoms with Crippen LogP contribution in [0.5, 0.6) is 0 Å². The fraction of sp³-hybridized carbons (Fsp3) is 0.950. The second-order valence-corrected chi connectivity index (χ2v) is 7.07. The molecule has 0 aliphatic heterocycles. The Morgan fingerprint density at radius 3 is 1.29 bits per heavy atom. The van der Waals surface area contributed by atoms with Crippen LogP contribution in [0, 0.1) is 0 Å². The largest absolute Gasteiger partial charge is 0.351 e. The summed E-state index contributed by atoms with van der Waals surface area (Å²) in [6.45, 7) is 3.09. The Hall–Kier alpha value is -0.770. The lowest BCUT2D eigenvalue weighted by atomic mass is 10.0. The van der Waals surface area contributed by atoms with Crippen LogP contribution in [0.3, 0.4) is 0 Å². The van der Waals surface area contributed by atoms with Gasteiger partial charge in [0.1, 0.15) is 0 Å². The van der Waals surface area contributed by atoms with E-state index in [2.05, 4.69) is 17.8 Å². The van der Waals surface area contributed by atoms with Gasteiger partial charge >= 0.3 is 6.03 Å². The second kappa shape index (κ2) is 20.3. The van der Waals surface area contributed by atoms with Gasteiger partial charge in [-0.05, 0) is 6.42 Å². The molecule has 0 aromatic heterocycles. The van der Waals surface area contributed by atoms with Crippen molar-refractivity contribution in [3.05, 3.63) is 0 Å². The summed E-state index contributed by atoms with van der Waals surface area (Å²) < 4.78 is 0. The summed E-state index contributed by atoms with van der Waals surface area (Å²) >= 11 is 0. The lowest BCUT2D eigenvalue weighted by Crippen LogP contribution is -2.41. The number of nitrogens with one attached hydrogen (secondary N) is 2. The molecular weight excluding hydrogens is 298 g/mol. The van der Waals surface area contributed by atoms with Crippen molar-refractivity contribution < 1.29 is 4.79 Å². The first kappa shape index (κ1) is 23.2.